The first-order valence-electron chi connectivity index (χ1n) is 8.73. The Kier molecular flexibility index (Phi) is 8.31. The monoisotopic (exact) mass is 406 g/mol. The van der Waals surface area contributed by atoms with E-state index in [0.717, 1.165) is 0 Å². The van der Waals surface area contributed by atoms with Gasteiger partial charge in [-0.05, 0) is 24.3 Å². The Morgan fingerprint density at radius 2 is 1.66 bits per heavy atom. The van der Waals surface area contributed by atoms with E-state index >= 15 is 0 Å². The van der Waals surface area contributed by atoms with E-state index in [-0.39, 0.29) is 17.4 Å². The molecule has 0 saturated heterocycles. The Bertz CT molecular complexity index is 823. The summed E-state index contributed by atoms with van der Waals surface area (Å²) in [5.41, 5.74) is 0.515. The fourth-order valence-corrected chi connectivity index (χ4v) is 2.40. The molecule has 0 aliphatic carbocycles. The third-order valence-corrected chi connectivity index (χ3v) is 3.98. The minimum atomic E-state index is -0.787. The predicted octanol–water partition coefficient (Wildman–Crippen LogP) is 2.13. The summed E-state index contributed by atoms with van der Waals surface area (Å²) in [7, 11) is 3.05. The Morgan fingerprint density at radius 3 is 2.21 bits per heavy atom. The molecule has 0 spiro atoms. The number of non-ortho nitro benzene ring substituents is 1. The van der Waals surface area contributed by atoms with Crippen LogP contribution in [0.2, 0.25) is 0 Å². The molecule has 0 bridgehead atoms. The second-order valence-electron chi connectivity index (χ2n) is 5.91. The Hall–Kier alpha value is -3.24. The second kappa shape index (κ2) is 10.9. The molecule has 10 heteroatoms. The molecule has 1 aromatic heterocycles. The Balaban J connectivity index is 1.95. The van der Waals surface area contributed by atoms with Gasteiger partial charge in [0.1, 0.15) is 5.76 Å². The number of furan rings is 1. The lowest BCUT2D eigenvalue weighted by Crippen LogP contribution is -2.39. The fourth-order valence-electron chi connectivity index (χ4n) is 2.40. The van der Waals surface area contributed by atoms with Crippen molar-refractivity contribution in [3.63, 3.8) is 0 Å². The van der Waals surface area contributed by atoms with Crippen LogP contribution in [-0.4, -0.2) is 68.8 Å². The highest BCUT2D eigenvalue weighted by Gasteiger charge is 2.19. The van der Waals surface area contributed by atoms with Crippen molar-refractivity contribution in [2.24, 2.45) is 0 Å². The summed E-state index contributed by atoms with van der Waals surface area (Å²) >= 11 is 0. The Labute approximate surface area is 167 Å². The number of esters is 1. The average molecular weight is 406 g/mol. The molecule has 0 radical (unpaired) electrons. The van der Waals surface area contributed by atoms with E-state index < -0.39 is 17.5 Å². The second-order valence-corrected chi connectivity index (χ2v) is 5.91. The maximum absolute atomic E-state index is 12.3. The minimum Gasteiger partial charge on any atom is -0.450 e. The predicted molar refractivity (Wildman–Crippen MR) is 101 cm³/mol. The van der Waals surface area contributed by atoms with Crippen LogP contribution in [0.4, 0.5) is 5.69 Å². The zero-order valence-electron chi connectivity index (χ0n) is 16.2. The third-order valence-electron chi connectivity index (χ3n) is 3.98. The molecular formula is C19H22N2O8. The van der Waals surface area contributed by atoms with Gasteiger partial charge in [0.15, 0.2) is 6.61 Å². The van der Waals surface area contributed by atoms with Crippen molar-refractivity contribution in [1.29, 1.82) is 0 Å². The zero-order chi connectivity index (χ0) is 21.2. The first-order chi connectivity index (χ1) is 14.0. The van der Waals surface area contributed by atoms with Crippen molar-refractivity contribution in [2.45, 2.75) is 0 Å². The number of carbonyl (C=O) groups excluding carboxylic acids is 2. The minimum absolute atomic E-state index is 0.0510. The summed E-state index contributed by atoms with van der Waals surface area (Å²) in [5, 5.41) is 10.7. The molecule has 1 aromatic carbocycles. The zero-order valence-corrected chi connectivity index (χ0v) is 16.2. The molecule has 1 amide bonds. The van der Waals surface area contributed by atoms with Crippen molar-refractivity contribution >= 4 is 17.6 Å². The van der Waals surface area contributed by atoms with Gasteiger partial charge in [-0.1, -0.05) is 0 Å². The average Bonchev–Trinajstić information content (AvgIpc) is 3.22. The van der Waals surface area contributed by atoms with E-state index in [1.54, 1.807) is 6.07 Å². The number of benzene rings is 1. The van der Waals surface area contributed by atoms with Crippen molar-refractivity contribution < 1.29 is 33.1 Å². The number of amides is 1. The Morgan fingerprint density at radius 1 is 1.03 bits per heavy atom. The summed E-state index contributed by atoms with van der Waals surface area (Å²) in [6.07, 6.45) is 0. The van der Waals surface area contributed by atoms with Crippen molar-refractivity contribution in [3.8, 4) is 11.3 Å². The van der Waals surface area contributed by atoms with Crippen LogP contribution in [0.5, 0.6) is 0 Å². The van der Waals surface area contributed by atoms with Crippen LogP contribution in [-0.2, 0) is 19.0 Å². The molecule has 29 heavy (non-hydrogen) atoms. The highest BCUT2D eigenvalue weighted by molar-refractivity contribution is 5.89. The van der Waals surface area contributed by atoms with E-state index in [0.29, 0.717) is 37.6 Å². The lowest BCUT2D eigenvalue weighted by molar-refractivity contribution is -0.384. The van der Waals surface area contributed by atoms with E-state index in [2.05, 4.69) is 0 Å². The lowest BCUT2D eigenvalue weighted by Gasteiger charge is -2.21. The largest absolute Gasteiger partial charge is 0.450 e. The van der Waals surface area contributed by atoms with Crippen LogP contribution >= 0.6 is 0 Å². The number of methoxy groups -OCH3 is 2. The molecule has 1 heterocycles. The first kappa shape index (κ1) is 22.1. The standard InChI is InChI=1S/C19H22N2O8/c1-26-11-9-20(10-12-27-2)18(22)13-28-19(23)17-8-7-16(29-17)14-3-5-15(6-4-14)21(24)25/h3-8H,9-13H2,1-2H3. The highest BCUT2D eigenvalue weighted by Crippen LogP contribution is 2.24. The van der Waals surface area contributed by atoms with Gasteiger partial charge in [-0.15, -0.1) is 0 Å². The SMILES string of the molecule is COCCN(CCOC)C(=O)COC(=O)c1ccc(-c2ccc([N+](=O)[O-])cc2)o1. The smallest absolute Gasteiger partial charge is 0.374 e. The summed E-state index contributed by atoms with van der Waals surface area (Å²) in [6, 6.07) is 8.66. The van der Waals surface area contributed by atoms with Crippen LogP contribution in [0.1, 0.15) is 10.6 Å². The summed E-state index contributed by atoms with van der Waals surface area (Å²) in [4.78, 5) is 36.1. The number of hydrogen-bond acceptors (Lipinski definition) is 8. The van der Waals surface area contributed by atoms with Gasteiger partial charge in [-0.3, -0.25) is 14.9 Å². The van der Waals surface area contributed by atoms with Gasteiger partial charge in [-0.25, -0.2) is 4.79 Å². The van der Waals surface area contributed by atoms with Gasteiger partial charge in [0.05, 0.1) is 18.1 Å². The third kappa shape index (κ3) is 6.40. The van der Waals surface area contributed by atoms with Crippen molar-refractivity contribution in [1.82, 2.24) is 4.90 Å². The van der Waals surface area contributed by atoms with Crippen molar-refractivity contribution in [2.75, 3.05) is 47.1 Å². The summed E-state index contributed by atoms with van der Waals surface area (Å²) < 4.78 is 20.4. The number of ether oxygens (including phenoxy) is 3. The number of nitrogens with zero attached hydrogens (tertiary/aromatic N) is 2. The molecule has 0 aliphatic heterocycles. The van der Waals surface area contributed by atoms with Crippen LogP contribution in [0.25, 0.3) is 11.3 Å². The molecular weight excluding hydrogens is 384 g/mol. The van der Waals surface area contributed by atoms with Gasteiger partial charge in [0, 0.05) is 45.0 Å². The first-order valence-corrected chi connectivity index (χ1v) is 8.73. The maximum atomic E-state index is 12.3. The molecule has 2 aromatic rings. The lowest BCUT2D eigenvalue weighted by atomic mass is 10.1. The van der Waals surface area contributed by atoms with Gasteiger partial charge in [0.2, 0.25) is 5.76 Å². The number of carbonyl (C=O) groups is 2. The number of nitro benzene ring substituents is 1. The molecule has 0 fully saturated rings. The molecule has 0 aliphatic rings. The molecule has 2 rings (SSSR count). The number of rotatable bonds is 11. The van der Waals surface area contributed by atoms with Crippen LogP contribution in [0.3, 0.4) is 0 Å². The maximum Gasteiger partial charge on any atom is 0.374 e. The quantitative estimate of drug-likeness (QED) is 0.316. The molecule has 0 atom stereocenters. The summed E-state index contributed by atoms with van der Waals surface area (Å²) in [5.74, 6) is -0.897. The van der Waals surface area contributed by atoms with Gasteiger partial charge in [0.25, 0.3) is 11.6 Å². The molecule has 0 unspecified atom stereocenters. The normalized spacial score (nSPS) is 10.6. The van der Waals surface area contributed by atoms with E-state index in [1.807, 2.05) is 0 Å². The van der Waals surface area contributed by atoms with Crippen LogP contribution < -0.4 is 0 Å². The topological polar surface area (TPSA) is 121 Å². The summed E-state index contributed by atoms with van der Waals surface area (Å²) in [6.45, 7) is 0.947. The fraction of sp³-hybridized carbons (Fsp3) is 0.368. The molecule has 0 N–H and O–H groups in total. The molecule has 10 nitrogen and oxygen atoms in total. The van der Waals surface area contributed by atoms with Crippen molar-refractivity contribution in [3.05, 3.63) is 52.3 Å². The molecule has 156 valence electrons. The van der Waals surface area contributed by atoms with Gasteiger partial charge < -0.3 is 23.5 Å². The number of nitro groups is 1. The molecule has 0 saturated carbocycles. The number of hydrogen-bond donors (Lipinski definition) is 0. The van der Waals surface area contributed by atoms with E-state index in [4.69, 9.17) is 18.6 Å². The highest BCUT2D eigenvalue weighted by atomic mass is 16.6. The van der Waals surface area contributed by atoms with Gasteiger partial charge in [-0.2, -0.15) is 0 Å². The van der Waals surface area contributed by atoms with Crippen LogP contribution in [0, 0.1) is 10.1 Å². The van der Waals surface area contributed by atoms with E-state index in [9.17, 15) is 19.7 Å². The van der Waals surface area contributed by atoms with Gasteiger partial charge >= 0.3 is 5.97 Å². The van der Waals surface area contributed by atoms with Crippen LogP contribution in [0.15, 0.2) is 40.8 Å². The van der Waals surface area contributed by atoms with E-state index in [1.165, 1.54) is 49.5 Å².